The number of aliphatic hydroxyl groups excluding tert-OH is 1. The molecule has 1 N–H and O–H groups in total. The molecule has 1 fully saturated rings. The molecule has 0 heterocycles. The van der Waals surface area contributed by atoms with Crippen molar-refractivity contribution in [2.45, 2.75) is 25.7 Å². The molecule has 10 heavy (non-hydrogen) atoms. The van der Waals surface area contributed by atoms with E-state index in [9.17, 15) is 0 Å². The Balaban J connectivity index is 2.29. The summed E-state index contributed by atoms with van der Waals surface area (Å²) < 4.78 is 0. The first-order chi connectivity index (χ1) is 4.93. The predicted octanol–water partition coefficient (Wildman–Crippen LogP) is 1.88. The first-order valence-electron chi connectivity index (χ1n) is 3.95. The van der Waals surface area contributed by atoms with E-state index in [4.69, 9.17) is 5.11 Å². The SMILES string of the molecule is OCC=C=CC1CCCC1. The van der Waals surface area contributed by atoms with E-state index in [1.165, 1.54) is 25.7 Å². The molecule has 0 aromatic heterocycles. The maximum Gasteiger partial charge on any atom is 0.0686 e. The lowest BCUT2D eigenvalue weighted by Gasteiger charge is -1.95. The molecule has 0 aromatic rings. The molecule has 0 radical (unpaired) electrons. The van der Waals surface area contributed by atoms with Crippen LogP contribution in [-0.2, 0) is 0 Å². The third-order valence-corrected chi connectivity index (χ3v) is 1.94. The van der Waals surface area contributed by atoms with Crippen molar-refractivity contribution in [2.75, 3.05) is 6.61 Å². The summed E-state index contributed by atoms with van der Waals surface area (Å²) >= 11 is 0. The average molecular weight is 138 g/mol. The van der Waals surface area contributed by atoms with Crippen molar-refractivity contribution >= 4 is 0 Å². The quantitative estimate of drug-likeness (QED) is 0.578. The van der Waals surface area contributed by atoms with Crippen LogP contribution in [0.2, 0.25) is 0 Å². The Labute approximate surface area is 62.1 Å². The standard InChI is InChI=1S/C9H14O/c10-8-4-3-7-9-5-1-2-6-9/h4,7,9-10H,1-2,5-6,8H2. The van der Waals surface area contributed by atoms with Crippen molar-refractivity contribution in [1.29, 1.82) is 0 Å². The Morgan fingerprint density at radius 1 is 1.40 bits per heavy atom. The second-order valence-electron chi connectivity index (χ2n) is 2.76. The van der Waals surface area contributed by atoms with Gasteiger partial charge in [0.2, 0.25) is 0 Å². The molecule has 0 atom stereocenters. The largest absolute Gasteiger partial charge is 0.392 e. The highest BCUT2D eigenvalue weighted by Gasteiger charge is 2.10. The molecule has 0 bridgehead atoms. The van der Waals surface area contributed by atoms with Gasteiger partial charge in [0, 0.05) is 0 Å². The van der Waals surface area contributed by atoms with Gasteiger partial charge in [0.1, 0.15) is 0 Å². The van der Waals surface area contributed by atoms with Gasteiger partial charge in [0.05, 0.1) is 6.61 Å². The zero-order chi connectivity index (χ0) is 7.23. The van der Waals surface area contributed by atoms with Gasteiger partial charge in [-0.05, 0) is 30.9 Å². The van der Waals surface area contributed by atoms with Crippen LogP contribution in [0.25, 0.3) is 0 Å². The van der Waals surface area contributed by atoms with Gasteiger partial charge in [-0.25, -0.2) is 0 Å². The fourth-order valence-corrected chi connectivity index (χ4v) is 1.38. The molecule has 1 rings (SSSR count). The summed E-state index contributed by atoms with van der Waals surface area (Å²) in [4.78, 5) is 0. The Kier molecular flexibility index (Phi) is 3.28. The third kappa shape index (κ3) is 2.38. The average Bonchev–Trinajstić information content (AvgIpc) is 2.41. The van der Waals surface area contributed by atoms with Crippen molar-refractivity contribution in [3.63, 3.8) is 0 Å². The van der Waals surface area contributed by atoms with Gasteiger partial charge in [-0.2, -0.15) is 0 Å². The predicted molar refractivity (Wildman–Crippen MR) is 41.7 cm³/mol. The fourth-order valence-electron chi connectivity index (χ4n) is 1.38. The van der Waals surface area contributed by atoms with Crippen LogP contribution in [0.4, 0.5) is 0 Å². The molecule has 1 aliphatic carbocycles. The minimum atomic E-state index is 0.114. The second kappa shape index (κ2) is 4.32. The van der Waals surface area contributed by atoms with Crippen molar-refractivity contribution in [2.24, 2.45) is 5.92 Å². The molecule has 1 saturated carbocycles. The van der Waals surface area contributed by atoms with E-state index in [-0.39, 0.29) is 6.61 Å². The number of rotatable bonds is 2. The van der Waals surface area contributed by atoms with Crippen LogP contribution < -0.4 is 0 Å². The molecule has 0 unspecified atom stereocenters. The zero-order valence-corrected chi connectivity index (χ0v) is 6.21. The van der Waals surface area contributed by atoms with Crippen molar-refractivity contribution in [3.05, 3.63) is 17.9 Å². The summed E-state index contributed by atoms with van der Waals surface area (Å²) in [5, 5.41) is 8.40. The topological polar surface area (TPSA) is 20.2 Å². The number of hydrogen-bond acceptors (Lipinski definition) is 1. The second-order valence-corrected chi connectivity index (χ2v) is 2.76. The molecule has 0 spiro atoms. The molecule has 56 valence electrons. The molecule has 1 heteroatoms. The maximum absolute atomic E-state index is 8.40. The van der Waals surface area contributed by atoms with E-state index >= 15 is 0 Å². The summed E-state index contributed by atoms with van der Waals surface area (Å²) in [6.07, 6.45) is 9.10. The molecule has 1 nitrogen and oxygen atoms in total. The van der Waals surface area contributed by atoms with Crippen molar-refractivity contribution < 1.29 is 5.11 Å². The monoisotopic (exact) mass is 138 g/mol. The Morgan fingerprint density at radius 3 is 2.70 bits per heavy atom. The Hall–Kier alpha value is -0.520. The van der Waals surface area contributed by atoms with Crippen LogP contribution in [0.3, 0.4) is 0 Å². The van der Waals surface area contributed by atoms with Crippen LogP contribution in [0.5, 0.6) is 0 Å². The fraction of sp³-hybridized carbons (Fsp3) is 0.667. The first kappa shape index (κ1) is 7.59. The molecular weight excluding hydrogens is 124 g/mol. The van der Waals surface area contributed by atoms with Gasteiger partial charge in [-0.15, -0.1) is 5.73 Å². The molecule has 0 saturated heterocycles. The molecule has 0 aliphatic heterocycles. The first-order valence-corrected chi connectivity index (χ1v) is 3.95. The summed E-state index contributed by atoms with van der Waals surface area (Å²) in [6.45, 7) is 0.114. The van der Waals surface area contributed by atoms with Crippen molar-refractivity contribution in [1.82, 2.24) is 0 Å². The van der Waals surface area contributed by atoms with Crippen LogP contribution in [0.15, 0.2) is 17.9 Å². The van der Waals surface area contributed by atoms with E-state index in [0.29, 0.717) is 0 Å². The van der Waals surface area contributed by atoms with Crippen LogP contribution in [-0.4, -0.2) is 11.7 Å². The normalized spacial score (nSPS) is 18.5. The third-order valence-electron chi connectivity index (χ3n) is 1.94. The highest BCUT2D eigenvalue weighted by atomic mass is 16.2. The zero-order valence-electron chi connectivity index (χ0n) is 6.21. The van der Waals surface area contributed by atoms with Crippen LogP contribution in [0, 0.1) is 5.92 Å². The van der Waals surface area contributed by atoms with Gasteiger partial charge in [-0.3, -0.25) is 0 Å². The van der Waals surface area contributed by atoms with Gasteiger partial charge < -0.3 is 5.11 Å². The highest BCUT2D eigenvalue weighted by molar-refractivity contribution is 4.91. The van der Waals surface area contributed by atoms with E-state index in [0.717, 1.165) is 5.92 Å². The molecule has 1 aliphatic rings. The van der Waals surface area contributed by atoms with Gasteiger partial charge in [0.25, 0.3) is 0 Å². The van der Waals surface area contributed by atoms with Crippen LogP contribution >= 0.6 is 0 Å². The number of hydrogen-bond donors (Lipinski definition) is 1. The summed E-state index contributed by atoms with van der Waals surface area (Å²) in [5.41, 5.74) is 2.98. The summed E-state index contributed by atoms with van der Waals surface area (Å²) in [6, 6.07) is 0. The molecule has 0 amide bonds. The van der Waals surface area contributed by atoms with E-state index < -0.39 is 0 Å². The smallest absolute Gasteiger partial charge is 0.0686 e. The molecule has 0 aromatic carbocycles. The highest BCUT2D eigenvalue weighted by Crippen LogP contribution is 2.24. The lowest BCUT2D eigenvalue weighted by molar-refractivity contribution is 0.343. The van der Waals surface area contributed by atoms with Gasteiger partial charge >= 0.3 is 0 Å². The van der Waals surface area contributed by atoms with E-state index in [1.54, 1.807) is 6.08 Å². The van der Waals surface area contributed by atoms with E-state index in [2.05, 4.69) is 11.8 Å². The minimum Gasteiger partial charge on any atom is -0.392 e. The van der Waals surface area contributed by atoms with E-state index in [1.807, 2.05) is 0 Å². The number of aliphatic hydroxyl groups is 1. The van der Waals surface area contributed by atoms with Crippen molar-refractivity contribution in [3.8, 4) is 0 Å². The minimum absolute atomic E-state index is 0.114. The Bertz CT molecular complexity index is 137. The summed E-state index contributed by atoms with van der Waals surface area (Å²) in [7, 11) is 0. The van der Waals surface area contributed by atoms with Crippen LogP contribution in [0.1, 0.15) is 25.7 Å². The summed E-state index contributed by atoms with van der Waals surface area (Å²) in [5.74, 6) is 0.739. The maximum atomic E-state index is 8.40. The molecular formula is C9H14O. The van der Waals surface area contributed by atoms with Gasteiger partial charge in [0.15, 0.2) is 0 Å². The lowest BCUT2D eigenvalue weighted by Crippen LogP contribution is -1.83. The van der Waals surface area contributed by atoms with Gasteiger partial charge in [-0.1, -0.05) is 12.8 Å². The Morgan fingerprint density at radius 2 is 2.10 bits per heavy atom. The lowest BCUT2D eigenvalue weighted by atomic mass is 10.1.